The molecule has 0 radical (unpaired) electrons. The summed E-state index contributed by atoms with van der Waals surface area (Å²) in [4.78, 5) is 27.2. The Labute approximate surface area is 188 Å². The molecule has 32 heavy (non-hydrogen) atoms. The Morgan fingerprint density at radius 2 is 1.88 bits per heavy atom. The van der Waals surface area contributed by atoms with Gasteiger partial charge in [-0.25, -0.2) is 4.39 Å². The lowest BCUT2D eigenvalue weighted by molar-refractivity contribution is -0.130. The van der Waals surface area contributed by atoms with E-state index in [9.17, 15) is 14.0 Å². The van der Waals surface area contributed by atoms with Crippen LogP contribution in [-0.4, -0.2) is 48.9 Å². The highest BCUT2D eigenvalue weighted by Crippen LogP contribution is 2.47. The maximum absolute atomic E-state index is 13.4. The van der Waals surface area contributed by atoms with Gasteiger partial charge < -0.3 is 15.5 Å². The van der Waals surface area contributed by atoms with E-state index in [1.807, 2.05) is 37.3 Å². The fraction of sp³-hybridized carbons (Fsp3) is 0.385. The maximum Gasteiger partial charge on any atom is 0.296 e. The van der Waals surface area contributed by atoms with Crippen molar-refractivity contribution in [2.24, 2.45) is 5.41 Å². The molecule has 0 saturated carbocycles. The Bertz CT molecular complexity index is 1020. The van der Waals surface area contributed by atoms with Gasteiger partial charge in [-0.05, 0) is 62.7 Å². The first-order chi connectivity index (χ1) is 15.5. The van der Waals surface area contributed by atoms with Gasteiger partial charge in [0.2, 0.25) is 5.91 Å². The van der Waals surface area contributed by atoms with Gasteiger partial charge in [0.15, 0.2) is 0 Å². The summed E-state index contributed by atoms with van der Waals surface area (Å²) >= 11 is 0. The van der Waals surface area contributed by atoms with Crippen LogP contribution in [0, 0.1) is 23.1 Å². The predicted molar refractivity (Wildman–Crippen MR) is 121 cm³/mol. The van der Waals surface area contributed by atoms with Gasteiger partial charge in [-0.1, -0.05) is 36.3 Å². The molecule has 2 N–H and O–H groups in total. The third kappa shape index (κ3) is 4.84. The van der Waals surface area contributed by atoms with Crippen molar-refractivity contribution in [2.75, 3.05) is 26.2 Å². The van der Waals surface area contributed by atoms with E-state index in [2.05, 4.69) is 27.4 Å². The maximum atomic E-state index is 13.4. The molecule has 0 aromatic heterocycles. The van der Waals surface area contributed by atoms with Gasteiger partial charge in [0.25, 0.3) is 5.91 Å². The van der Waals surface area contributed by atoms with Gasteiger partial charge in [0, 0.05) is 36.5 Å². The number of amides is 2. The molecule has 2 aromatic carbocycles. The van der Waals surface area contributed by atoms with Gasteiger partial charge in [0.05, 0.1) is 5.41 Å². The molecule has 0 bridgehead atoms. The zero-order chi connectivity index (χ0) is 22.6. The van der Waals surface area contributed by atoms with Crippen LogP contribution in [0.3, 0.4) is 0 Å². The molecule has 1 spiro atoms. The van der Waals surface area contributed by atoms with Crippen molar-refractivity contribution < 1.29 is 14.0 Å². The third-order valence-electron chi connectivity index (χ3n) is 6.61. The van der Waals surface area contributed by atoms with Gasteiger partial charge in [-0.2, -0.15) is 0 Å². The monoisotopic (exact) mass is 433 g/mol. The van der Waals surface area contributed by atoms with Crippen LogP contribution < -0.4 is 10.6 Å². The molecular weight excluding hydrogens is 405 g/mol. The van der Waals surface area contributed by atoms with Crippen LogP contribution in [0.2, 0.25) is 0 Å². The number of benzene rings is 2. The summed E-state index contributed by atoms with van der Waals surface area (Å²) in [6, 6.07) is 15.9. The number of halogens is 1. The second-order valence-corrected chi connectivity index (χ2v) is 8.76. The number of carbonyl (C=O) groups excluding carboxylic acids is 2. The Kier molecular flexibility index (Phi) is 6.57. The van der Waals surface area contributed by atoms with E-state index in [0.29, 0.717) is 13.1 Å². The quantitative estimate of drug-likeness (QED) is 0.729. The Morgan fingerprint density at radius 1 is 1.19 bits per heavy atom. The van der Waals surface area contributed by atoms with Crippen molar-refractivity contribution >= 4 is 11.8 Å². The fourth-order valence-corrected chi connectivity index (χ4v) is 4.91. The Hall–Kier alpha value is -3.17. The summed E-state index contributed by atoms with van der Waals surface area (Å²) in [6.07, 6.45) is 1.49. The number of carbonyl (C=O) groups is 2. The summed E-state index contributed by atoms with van der Waals surface area (Å²) in [6.45, 7) is 4.83. The number of rotatable bonds is 4. The predicted octanol–water partition coefficient (Wildman–Crippen LogP) is 2.68. The topological polar surface area (TPSA) is 61.4 Å². The van der Waals surface area contributed by atoms with E-state index in [4.69, 9.17) is 0 Å². The van der Waals surface area contributed by atoms with Crippen LogP contribution in [0.15, 0.2) is 54.6 Å². The average molecular weight is 434 g/mol. The number of hydrogen-bond donors (Lipinski definition) is 2. The molecule has 4 rings (SSSR count). The normalized spacial score (nSPS) is 20.8. The summed E-state index contributed by atoms with van der Waals surface area (Å²) in [5.41, 5.74) is 1.38. The van der Waals surface area contributed by atoms with Crippen molar-refractivity contribution in [2.45, 2.75) is 31.7 Å². The van der Waals surface area contributed by atoms with E-state index in [1.54, 1.807) is 12.1 Å². The van der Waals surface area contributed by atoms with Crippen LogP contribution >= 0.6 is 0 Å². The van der Waals surface area contributed by atoms with Gasteiger partial charge in [-0.3, -0.25) is 9.59 Å². The van der Waals surface area contributed by atoms with E-state index < -0.39 is 5.41 Å². The number of piperidine rings is 1. The lowest BCUT2D eigenvalue weighted by Gasteiger charge is -2.41. The molecule has 2 amide bonds. The van der Waals surface area contributed by atoms with E-state index in [-0.39, 0.29) is 29.6 Å². The molecule has 6 heteroatoms. The van der Waals surface area contributed by atoms with E-state index in [1.165, 1.54) is 12.1 Å². The smallest absolute Gasteiger partial charge is 0.296 e. The van der Waals surface area contributed by atoms with Crippen LogP contribution in [-0.2, 0) is 9.59 Å². The van der Waals surface area contributed by atoms with Crippen LogP contribution in [0.25, 0.3) is 0 Å². The van der Waals surface area contributed by atoms with Gasteiger partial charge >= 0.3 is 0 Å². The molecule has 2 aliphatic heterocycles. The molecule has 0 aliphatic carbocycles. The number of likely N-dealkylation sites (tertiary alicyclic amines) is 1. The number of nitrogens with zero attached hydrogens (tertiary/aromatic N) is 1. The Balaban J connectivity index is 1.32. The second kappa shape index (κ2) is 9.54. The molecular formula is C26H28FN3O2. The van der Waals surface area contributed by atoms with Crippen molar-refractivity contribution in [1.29, 1.82) is 0 Å². The highest BCUT2D eigenvalue weighted by atomic mass is 19.1. The first kappa shape index (κ1) is 22.0. The molecule has 5 nitrogen and oxygen atoms in total. The zero-order valence-electron chi connectivity index (χ0n) is 18.2. The lowest BCUT2D eigenvalue weighted by Crippen LogP contribution is -2.49. The number of hydrogen-bond acceptors (Lipinski definition) is 3. The van der Waals surface area contributed by atoms with Crippen LogP contribution in [0.1, 0.15) is 36.8 Å². The molecule has 2 aliphatic rings. The molecule has 2 atom stereocenters. The van der Waals surface area contributed by atoms with E-state index >= 15 is 0 Å². The van der Waals surface area contributed by atoms with Gasteiger partial charge in [-0.15, -0.1) is 0 Å². The minimum absolute atomic E-state index is 0.0491. The SMILES string of the molecule is C[C@@H](CN1CCC2(CC1)C(=O)NCC2c1ccc(F)cc1)NC(=O)C#Cc1ccccc1. The van der Waals surface area contributed by atoms with E-state index in [0.717, 1.165) is 37.1 Å². The van der Waals surface area contributed by atoms with Crippen LogP contribution in [0.5, 0.6) is 0 Å². The third-order valence-corrected chi connectivity index (χ3v) is 6.61. The molecule has 2 heterocycles. The van der Waals surface area contributed by atoms with Crippen molar-refractivity contribution in [1.82, 2.24) is 15.5 Å². The summed E-state index contributed by atoms with van der Waals surface area (Å²) in [5, 5.41) is 5.97. The largest absolute Gasteiger partial charge is 0.355 e. The zero-order valence-corrected chi connectivity index (χ0v) is 18.2. The average Bonchev–Trinajstić information content (AvgIpc) is 3.11. The van der Waals surface area contributed by atoms with Gasteiger partial charge in [0.1, 0.15) is 5.82 Å². The standard InChI is InChI=1S/C26H28FN3O2/c1-19(29-24(31)12-7-20-5-3-2-4-6-20)18-30-15-13-26(14-16-30)23(17-28-25(26)32)21-8-10-22(27)11-9-21/h2-6,8-11,19,23H,13-18H2,1H3,(H,28,32)(H,29,31)/t19-,23?/m0/s1. The molecule has 2 aromatic rings. The minimum atomic E-state index is -0.442. The van der Waals surface area contributed by atoms with Crippen molar-refractivity contribution in [3.05, 3.63) is 71.5 Å². The van der Waals surface area contributed by atoms with Crippen LogP contribution in [0.4, 0.5) is 4.39 Å². The highest BCUT2D eigenvalue weighted by molar-refractivity contribution is 5.94. The first-order valence-electron chi connectivity index (χ1n) is 11.1. The number of nitrogens with one attached hydrogen (secondary N) is 2. The fourth-order valence-electron chi connectivity index (χ4n) is 4.91. The van der Waals surface area contributed by atoms with Crippen molar-refractivity contribution in [3.8, 4) is 11.8 Å². The molecule has 2 saturated heterocycles. The summed E-state index contributed by atoms with van der Waals surface area (Å²) in [7, 11) is 0. The molecule has 166 valence electrons. The molecule has 2 fully saturated rings. The lowest BCUT2D eigenvalue weighted by atomic mass is 9.68. The molecule has 1 unspecified atom stereocenters. The summed E-state index contributed by atoms with van der Waals surface area (Å²) in [5.74, 6) is 5.12. The summed E-state index contributed by atoms with van der Waals surface area (Å²) < 4.78 is 13.4. The highest BCUT2D eigenvalue weighted by Gasteiger charge is 2.51. The minimum Gasteiger partial charge on any atom is -0.355 e. The second-order valence-electron chi connectivity index (χ2n) is 8.76. The first-order valence-corrected chi connectivity index (χ1v) is 11.1. The Morgan fingerprint density at radius 3 is 2.56 bits per heavy atom. The van der Waals surface area contributed by atoms with Crippen molar-refractivity contribution in [3.63, 3.8) is 0 Å².